The molecule has 0 radical (unpaired) electrons. The maximum atomic E-state index is 12.4. The van der Waals surface area contributed by atoms with Crippen LogP contribution in [0.3, 0.4) is 0 Å². The molecule has 134 valence electrons. The van der Waals surface area contributed by atoms with Crippen molar-refractivity contribution in [2.24, 2.45) is 11.8 Å². The minimum absolute atomic E-state index is 0.0282. The summed E-state index contributed by atoms with van der Waals surface area (Å²) in [5, 5.41) is 19.1. The van der Waals surface area contributed by atoms with Crippen LogP contribution in [0.25, 0.3) is 0 Å². The van der Waals surface area contributed by atoms with Crippen LogP contribution in [0.15, 0.2) is 29.2 Å². The van der Waals surface area contributed by atoms with Crippen molar-refractivity contribution in [2.75, 3.05) is 13.7 Å². The topological polar surface area (TPSA) is 110 Å². The van der Waals surface area contributed by atoms with Gasteiger partial charge >= 0.3 is 5.97 Å². The van der Waals surface area contributed by atoms with Gasteiger partial charge in [-0.2, -0.15) is 8.42 Å². The largest absolute Gasteiger partial charge is 0.481 e. The molecule has 1 aromatic carbocycles. The third kappa shape index (κ3) is 4.32. The lowest BCUT2D eigenvalue weighted by atomic mass is 9.91. The summed E-state index contributed by atoms with van der Waals surface area (Å²) in [6, 6.07) is 6.24. The van der Waals surface area contributed by atoms with Crippen LogP contribution in [-0.4, -0.2) is 50.5 Å². The van der Waals surface area contributed by atoms with Crippen LogP contribution in [0, 0.1) is 18.8 Å². The zero-order valence-corrected chi connectivity index (χ0v) is 14.4. The number of carboxylic acids is 1. The van der Waals surface area contributed by atoms with Crippen molar-refractivity contribution in [3.63, 3.8) is 0 Å². The predicted molar refractivity (Wildman–Crippen MR) is 85.0 cm³/mol. The molecule has 1 fully saturated rings. The van der Waals surface area contributed by atoms with E-state index >= 15 is 0 Å². The second kappa shape index (κ2) is 7.60. The molecule has 24 heavy (non-hydrogen) atoms. The zero-order valence-electron chi connectivity index (χ0n) is 13.6. The van der Waals surface area contributed by atoms with Crippen LogP contribution in [-0.2, 0) is 23.8 Å². The number of ether oxygens (including phenoxy) is 1. The molecule has 0 aliphatic heterocycles. The Balaban J connectivity index is 2.20. The molecular weight excluding hydrogens is 336 g/mol. The summed E-state index contributed by atoms with van der Waals surface area (Å²) in [4.78, 5) is 11.0. The summed E-state index contributed by atoms with van der Waals surface area (Å²) in [5.74, 6) is -2.18. The average Bonchev–Trinajstić information content (AvgIpc) is 2.75. The van der Waals surface area contributed by atoms with Gasteiger partial charge in [0, 0.05) is 25.4 Å². The molecule has 0 bridgehead atoms. The average molecular weight is 358 g/mol. The molecule has 1 aliphatic rings. The van der Waals surface area contributed by atoms with Gasteiger partial charge in [0.15, 0.2) is 0 Å². The minimum atomic E-state index is -4.00. The Hall–Kier alpha value is -1.48. The van der Waals surface area contributed by atoms with Gasteiger partial charge in [0.25, 0.3) is 10.1 Å². The summed E-state index contributed by atoms with van der Waals surface area (Å²) in [5.41, 5.74) is 0.920. The monoisotopic (exact) mass is 358 g/mol. The van der Waals surface area contributed by atoms with Crippen molar-refractivity contribution in [1.29, 1.82) is 0 Å². The first kappa shape index (κ1) is 18.9. The van der Waals surface area contributed by atoms with Crippen LogP contribution in [0.4, 0.5) is 0 Å². The number of aryl methyl sites for hydroxylation is 1. The lowest BCUT2D eigenvalue weighted by molar-refractivity contribution is -0.139. The third-order valence-corrected chi connectivity index (χ3v) is 5.67. The summed E-state index contributed by atoms with van der Waals surface area (Å²) in [7, 11) is -2.56. The molecule has 0 saturated heterocycles. The minimum Gasteiger partial charge on any atom is -0.481 e. The quantitative estimate of drug-likeness (QED) is 0.704. The maximum absolute atomic E-state index is 12.4. The number of carbonyl (C=O) groups is 1. The number of rotatable bonds is 7. The number of carboxylic acid groups (broad SMARTS) is 1. The van der Waals surface area contributed by atoms with E-state index in [9.17, 15) is 18.3 Å². The van der Waals surface area contributed by atoms with E-state index in [1.807, 2.05) is 6.92 Å². The van der Waals surface area contributed by atoms with E-state index in [1.54, 1.807) is 12.1 Å². The van der Waals surface area contributed by atoms with E-state index in [0.29, 0.717) is 0 Å². The first-order chi connectivity index (χ1) is 11.2. The summed E-state index contributed by atoms with van der Waals surface area (Å²) in [6.07, 6.45) is -1.98. The number of aliphatic hydroxyl groups excluding tert-OH is 1. The third-order valence-electron chi connectivity index (χ3n) is 4.32. The fourth-order valence-corrected chi connectivity index (χ4v) is 4.22. The first-order valence-corrected chi connectivity index (χ1v) is 9.04. The Morgan fingerprint density at radius 2 is 1.88 bits per heavy atom. The van der Waals surface area contributed by atoms with Crippen LogP contribution < -0.4 is 0 Å². The summed E-state index contributed by atoms with van der Waals surface area (Å²) >= 11 is 0. The van der Waals surface area contributed by atoms with Gasteiger partial charge in [-0.25, -0.2) is 0 Å². The van der Waals surface area contributed by atoms with Gasteiger partial charge < -0.3 is 14.9 Å². The number of aliphatic carboxylic acids is 1. The molecular formula is C16H22O7S. The molecule has 4 atom stereocenters. The van der Waals surface area contributed by atoms with E-state index in [4.69, 9.17) is 14.0 Å². The Morgan fingerprint density at radius 3 is 2.42 bits per heavy atom. The van der Waals surface area contributed by atoms with Gasteiger partial charge in [-0.15, -0.1) is 0 Å². The lowest BCUT2D eigenvalue weighted by Crippen LogP contribution is -2.30. The molecule has 0 spiro atoms. The number of hydrogen-bond acceptors (Lipinski definition) is 6. The highest BCUT2D eigenvalue weighted by Crippen LogP contribution is 2.38. The van der Waals surface area contributed by atoms with Gasteiger partial charge in [0.1, 0.15) is 0 Å². The molecule has 2 N–H and O–H groups in total. The molecule has 0 heterocycles. The zero-order chi connectivity index (χ0) is 17.9. The van der Waals surface area contributed by atoms with Gasteiger partial charge in [-0.05, 0) is 19.1 Å². The van der Waals surface area contributed by atoms with Crippen molar-refractivity contribution in [1.82, 2.24) is 0 Å². The van der Waals surface area contributed by atoms with Crippen LogP contribution in [0.1, 0.15) is 18.4 Å². The first-order valence-electron chi connectivity index (χ1n) is 7.63. The number of benzene rings is 1. The van der Waals surface area contributed by atoms with Crippen molar-refractivity contribution < 1.29 is 32.3 Å². The molecule has 1 aliphatic carbocycles. The Labute approximate surface area is 141 Å². The second-order valence-corrected chi connectivity index (χ2v) is 7.66. The van der Waals surface area contributed by atoms with Crippen molar-refractivity contribution >= 4 is 16.1 Å². The molecule has 1 aromatic rings. The molecule has 0 aromatic heterocycles. The van der Waals surface area contributed by atoms with E-state index in [1.165, 1.54) is 19.2 Å². The Kier molecular flexibility index (Phi) is 5.97. The van der Waals surface area contributed by atoms with Gasteiger partial charge in [-0.1, -0.05) is 17.7 Å². The second-order valence-electron chi connectivity index (χ2n) is 6.09. The smallest absolute Gasteiger partial charge is 0.303 e. The highest BCUT2D eigenvalue weighted by Gasteiger charge is 2.46. The molecule has 0 unspecified atom stereocenters. The number of methoxy groups -OCH3 is 1. The molecule has 8 heteroatoms. The fraction of sp³-hybridized carbons (Fsp3) is 0.562. The Morgan fingerprint density at radius 1 is 1.25 bits per heavy atom. The number of hydrogen-bond donors (Lipinski definition) is 2. The molecule has 7 nitrogen and oxygen atoms in total. The highest BCUT2D eigenvalue weighted by atomic mass is 32.2. The van der Waals surface area contributed by atoms with Crippen LogP contribution >= 0.6 is 0 Å². The highest BCUT2D eigenvalue weighted by molar-refractivity contribution is 7.86. The van der Waals surface area contributed by atoms with Gasteiger partial charge in [0.2, 0.25) is 0 Å². The van der Waals surface area contributed by atoms with Crippen molar-refractivity contribution in [3.05, 3.63) is 29.8 Å². The fourth-order valence-electron chi connectivity index (χ4n) is 3.09. The van der Waals surface area contributed by atoms with Gasteiger partial charge in [0.05, 0.1) is 30.1 Å². The van der Waals surface area contributed by atoms with Crippen molar-refractivity contribution in [3.8, 4) is 0 Å². The lowest BCUT2D eigenvalue weighted by Gasteiger charge is -2.23. The molecule has 0 amide bonds. The van der Waals surface area contributed by atoms with E-state index in [2.05, 4.69) is 0 Å². The number of aliphatic hydroxyl groups is 1. The molecule has 2 rings (SSSR count). The van der Waals surface area contributed by atoms with E-state index < -0.39 is 40.1 Å². The summed E-state index contributed by atoms with van der Waals surface area (Å²) in [6.45, 7) is 1.96. The van der Waals surface area contributed by atoms with E-state index in [-0.39, 0.29) is 24.3 Å². The predicted octanol–water partition coefficient (Wildman–Crippen LogP) is 1.19. The van der Waals surface area contributed by atoms with Gasteiger partial charge in [-0.3, -0.25) is 8.98 Å². The Bertz CT molecular complexity index is 668. The summed E-state index contributed by atoms with van der Waals surface area (Å²) < 4.78 is 35.2. The maximum Gasteiger partial charge on any atom is 0.303 e. The van der Waals surface area contributed by atoms with Crippen molar-refractivity contribution in [2.45, 2.75) is 36.9 Å². The normalized spacial score (nSPS) is 27.3. The SMILES string of the molecule is COC[C@H]1[C@H](CC(=O)O)[C@H](O)C[C@@H]1OS(=O)(=O)c1ccc(C)cc1. The molecule has 1 saturated carbocycles. The van der Waals surface area contributed by atoms with Crippen LogP contribution in [0.5, 0.6) is 0 Å². The van der Waals surface area contributed by atoms with Crippen LogP contribution in [0.2, 0.25) is 0 Å². The standard InChI is InChI=1S/C16H22O7S/c1-10-3-5-11(6-4-10)24(20,21)23-15-8-14(17)12(7-16(18)19)13(15)9-22-2/h3-6,12-15,17H,7-9H2,1-2H3,(H,18,19)/t12-,13-,14+,15-/m0/s1. The van der Waals surface area contributed by atoms with E-state index in [0.717, 1.165) is 5.56 Å².